The standard InChI is InChI=1S/C12H16N4OS/c1-5-13-10-8-7(2)9(12(17)16(3)4)18-11(8)15-6-14-10/h6H,5H2,1-4H3,(H,13,14,15). The molecule has 2 rings (SSSR count). The fourth-order valence-electron chi connectivity index (χ4n) is 1.78. The van der Waals surface area contributed by atoms with Crippen LogP contribution in [-0.2, 0) is 0 Å². The molecule has 2 heterocycles. The van der Waals surface area contributed by atoms with Crippen LogP contribution in [0.1, 0.15) is 22.2 Å². The highest BCUT2D eigenvalue weighted by Gasteiger charge is 2.19. The molecular formula is C12H16N4OS. The first-order valence-electron chi connectivity index (χ1n) is 5.75. The number of carbonyl (C=O) groups excluding carboxylic acids is 1. The van der Waals surface area contributed by atoms with Crippen LogP contribution in [0.25, 0.3) is 10.2 Å². The van der Waals surface area contributed by atoms with Gasteiger partial charge < -0.3 is 10.2 Å². The van der Waals surface area contributed by atoms with E-state index in [4.69, 9.17) is 0 Å². The van der Waals surface area contributed by atoms with Crippen LogP contribution in [0, 0.1) is 6.92 Å². The number of hydrogen-bond donors (Lipinski definition) is 1. The van der Waals surface area contributed by atoms with E-state index in [1.165, 1.54) is 17.7 Å². The molecular weight excluding hydrogens is 248 g/mol. The van der Waals surface area contributed by atoms with E-state index in [9.17, 15) is 4.79 Å². The summed E-state index contributed by atoms with van der Waals surface area (Å²) >= 11 is 1.42. The van der Waals surface area contributed by atoms with E-state index in [1.54, 1.807) is 19.0 Å². The second-order valence-electron chi connectivity index (χ2n) is 4.19. The van der Waals surface area contributed by atoms with Gasteiger partial charge >= 0.3 is 0 Å². The predicted molar refractivity (Wildman–Crippen MR) is 74.3 cm³/mol. The van der Waals surface area contributed by atoms with Gasteiger partial charge in [0.05, 0.1) is 10.3 Å². The number of rotatable bonds is 3. The first-order valence-corrected chi connectivity index (χ1v) is 6.57. The summed E-state index contributed by atoms with van der Waals surface area (Å²) in [7, 11) is 3.51. The Morgan fingerprint density at radius 1 is 1.44 bits per heavy atom. The molecule has 5 nitrogen and oxygen atoms in total. The Hall–Kier alpha value is -1.69. The number of nitrogens with one attached hydrogen (secondary N) is 1. The number of aryl methyl sites for hydroxylation is 1. The third-order valence-corrected chi connectivity index (χ3v) is 3.86. The van der Waals surface area contributed by atoms with Crippen molar-refractivity contribution in [3.63, 3.8) is 0 Å². The van der Waals surface area contributed by atoms with E-state index in [-0.39, 0.29) is 5.91 Å². The second-order valence-corrected chi connectivity index (χ2v) is 5.19. The molecule has 0 unspecified atom stereocenters. The molecule has 0 aliphatic heterocycles. The highest BCUT2D eigenvalue weighted by atomic mass is 32.1. The molecule has 6 heteroatoms. The Kier molecular flexibility index (Phi) is 3.47. The van der Waals surface area contributed by atoms with E-state index >= 15 is 0 Å². The normalized spacial score (nSPS) is 10.7. The zero-order valence-electron chi connectivity index (χ0n) is 10.9. The SMILES string of the molecule is CCNc1ncnc2sc(C(=O)N(C)C)c(C)c12. The summed E-state index contributed by atoms with van der Waals surface area (Å²) in [5.74, 6) is 0.812. The third-order valence-electron chi connectivity index (χ3n) is 2.67. The van der Waals surface area contributed by atoms with Gasteiger partial charge in [0.1, 0.15) is 17.0 Å². The summed E-state index contributed by atoms with van der Waals surface area (Å²) in [4.78, 5) is 23.7. The van der Waals surface area contributed by atoms with E-state index in [0.29, 0.717) is 0 Å². The lowest BCUT2D eigenvalue weighted by atomic mass is 10.2. The summed E-state index contributed by atoms with van der Waals surface area (Å²) < 4.78 is 0. The molecule has 1 N–H and O–H groups in total. The van der Waals surface area contributed by atoms with Crippen LogP contribution in [-0.4, -0.2) is 41.4 Å². The van der Waals surface area contributed by atoms with E-state index in [0.717, 1.165) is 33.0 Å². The van der Waals surface area contributed by atoms with Crippen LogP contribution < -0.4 is 5.32 Å². The van der Waals surface area contributed by atoms with Gasteiger partial charge in [-0.15, -0.1) is 11.3 Å². The van der Waals surface area contributed by atoms with Crippen molar-refractivity contribution in [2.24, 2.45) is 0 Å². The Bertz CT molecular complexity index is 591. The lowest BCUT2D eigenvalue weighted by Crippen LogP contribution is -2.21. The number of hydrogen-bond acceptors (Lipinski definition) is 5. The monoisotopic (exact) mass is 264 g/mol. The van der Waals surface area contributed by atoms with Crippen LogP contribution in [0.4, 0.5) is 5.82 Å². The Morgan fingerprint density at radius 2 is 2.17 bits per heavy atom. The van der Waals surface area contributed by atoms with E-state index < -0.39 is 0 Å². The molecule has 0 saturated carbocycles. The Balaban J connectivity index is 2.63. The number of nitrogens with zero attached hydrogens (tertiary/aromatic N) is 3. The maximum atomic E-state index is 12.1. The van der Waals surface area contributed by atoms with Crippen molar-refractivity contribution in [3.05, 3.63) is 16.8 Å². The average molecular weight is 264 g/mol. The molecule has 96 valence electrons. The summed E-state index contributed by atoms with van der Waals surface area (Å²) in [6, 6.07) is 0. The number of amides is 1. The van der Waals surface area contributed by atoms with Crippen LogP contribution >= 0.6 is 11.3 Å². The number of thiophene rings is 1. The molecule has 0 spiro atoms. The van der Waals surface area contributed by atoms with Crippen molar-refractivity contribution in [1.82, 2.24) is 14.9 Å². The molecule has 0 radical (unpaired) electrons. The Morgan fingerprint density at radius 3 is 2.78 bits per heavy atom. The number of aromatic nitrogens is 2. The lowest BCUT2D eigenvalue weighted by molar-refractivity contribution is 0.0831. The van der Waals surface area contributed by atoms with Gasteiger partial charge in [0, 0.05) is 20.6 Å². The highest BCUT2D eigenvalue weighted by Crippen LogP contribution is 2.33. The minimum absolute atomic E-state index is 0.0120. The van der Waals surface area contributed by atoms with Gasteiger partial charge in [0.15, 0.2) is 0 Å². The lowest BCUT2D eigenvalue weighted by Gasteiger charge is -2.09. The van der Waals surface area contributed by atoms with Crippen LogP contribution in [0.2, 0.25) is 0 Å². The maximum Gasteiger partial charge on any atom is 0.263 e. The third kappa shape index (κ3) is 2.03. The van der Waals surface area contributed by atoms with Crippen molar-refractivity contribution >= 4 is 33.3 Å². The van der Waals surface area contributed by atoms with Gasteiger partial charge in [-0.2, -0.15) is 0 Å². The van der Waals surface area contributed by atoms with Gasteiger partial charge in [-0.05, 0) is 19.4 Å². The fraction of sp³-hybridized carbons (Fsp3) is 0.417. The fourth-order valence-corrected chi connectivity index (χ4v) is 2.95. The maximum absolute atomic E-state index is 12.1. The summed E-state index contributed by atoms with van der Waals surface area (Å²) in [5, 5.41) is 4.16. The number of fused-ring (bicyclic) bond motifs is 1. The number of carbonyl (C=O) groups is 1. The van der Waals surface area contributed by atoms with Crippen molar-refractivity contribution in [2.75, 3.05) is 26.0 Å². The zero-order valence-corrected chi connectivity index (χ0v) is 11.8. The molecule has 1 amide bonds. The zero-order chi connectivity index (χ0) is 13.3. The first-order chi connectivity index (χ1) is 8.56. The second kappa shape index (κ2) is 4.89. The van der Waals surface area contributed by atoms with Crippen molar-refractivity contribution in [1.29, 1.82) is 0 Å². The molecule has 0 atom stereocenters. The quantitative estimate of drug-likeness (QED) is 0.922. The molecule has 2 aromatic heterocycles. The molecule has 2 aromatic rings. The highest BCUT2D eigenvalue weighted by molar-refractivity contribution is 7.20. The van der Waals surface area contributed by atoms with Crippen molar-refractivity contribution < 1.29 is 4.79 Å². The summed E-state index contributed by atoms with van der Waals surface area (Å²) in [5.41, 5.74) is 0.949. The van der Waals surface area contributed by atoms with Gasteiger partial charge in [-0.3, -0.25) is 4.79 Å². The average Bonchev–Trinajstić information content (AvgIpc) is 2.67. The van der Waals surface area contributed by atoms with E-state index in [2.05, 4.69) is 15.3 Å². The molecule has 0 aromatic carbocycles. The van der Waals surface area contributed by atoms with Gasteiger partial charge in [-0.25, -0.2) is 9.97 Å². The largest absolute Gasteiger partial charge is 0.370 e. The molecule has 0 fully saturated rings. The smallest absolute Gasteiger partial charge is 0.263 e. The summed E-state index contributed by atoms with van der Waals surface area (Å²) in [6.07, 6.45) is 1.53. The first kappa shape index (κ1) is 12.8. The minimum atomic E-state index is 0.0120. The molecule has 0 bridgehead atoms. The van der Waals surface area contributed by atoms with E-state index in [1.807, 2.05) is 13.8 Å². The molecule has 0 aliphatic carbocycles. The van der Waals surface area contributed by atoms with Crippen LogP contribution in [0.15, 0.2) is 6.33 Å². The predicted octanol–water partition coefficient (Wildman–Crippen LogP) is 2.13. The van der Waals surface area contributed by atoms with Crippen LogP contribution in [0.3, 0.4) is 0 Å². The van der Waals surface area contributed by atoms with Crippen LogP contribution in [0.5, 0.6) is 0 Å². The Labute approximate surface area is 110 Å². The number of anilines is 1. The molecule has 0 aliphatic rings. The van der Waals surface area contributed by atoms with Gasteiger partial charge in [-0.1, -0.05) is 0 Å². The van der Waals surface area contributed by atoms with Crippen molar-refractivity contribution in [3.8, 4) is 0 Å². The van der Waals surface area contributed by atoms with Gasteiger partial charge in [0.25, 0.3) is 5.91 Å². The topological polar surface area (TPSA) is 58.1 Å². The molecule has 18 heavy (non-hydrogen) atoms. The van der Waals surface area contributed by atoms with Gasteiger partial charge in [0.2, 0.25) is 0 Å². The van der Waals surface area contributed by atoms with Crippen molar-refractivity contribution in [2.45, 2.75) is 13.8 Å². The summed E-state index contributed by atoms with van der Waals surface area (Å²) in [6.45, 7) is 4.75. The minimum Gasteiger partial charge on any atom is -0.370 e. The molecule has 0 saturated heterocycles.